The first-order chi connectivity index (χ1) is 16.7. The molecule has 0 saturated heterocycles. The fraction of sp³-hybridized carbons (Fsp3) is 0.182. The number of hydrogen-bond acceptors (Lipinski definition) is 7. The van der Waals surface area contributed by atoms with Gasteiger partial charge in [0.05, 0.1) is 42.0 Å². The number of aliphatic imine (C=N–C) groups is 1. The molecular weight excluding hydrogens is 488 g/mol. The minimum absolute atomic E-state index is 0.0103. The van der Waals surface area contributed by atoms with Crippen LogP contribution >= 0.6 is 11.7 Å². The maximum atomic E-state index is 14.4. The predicted molar refractivity (Wildman–Crippen MR) is 119 cm³/mol. The molecule has 0 fully saturated rings. The lowest BCUT2D eigenvalue weighted by Crippen LogP contribution is -2.43. The van der Waals surface area contributed by atoms with Gasteiger partial charge in [0.25, 0.3) is 5.56 Å². The molecule has 0 bridgehead atoms. The van der Waals surface area contributed by atoms with Crippen molar-refractivity contribution in [3.63, 3.8) is 0 Å². The number of fused-ring (bicyclic) bond motifs is 2. The van der Waals surface area contributed by atoms with E-state index in [0.29, 0.717) is 16.3 Å². The highest BCUT2D eigenvalue weighted by Crippen LogP contribution is 2.40. The quantitative estimate of drug-likeness (QED) is 0.399. The van der Waals surface area contributed by atoms with Crippen LogP contribution in [-0.4, -0.2) is 30.3 Å². The average Bonchev–Trinajstić information content (AvgIpc) is 3.47. The molecule has 5 rings (SSSR count). The van der Waals surface area contributed by atoms with Gasteiger partial charge < -0.3 is 0 Å². The molecule has 0 aliphatic carbocycles. The van der Waals surface area contributed by atoms with E-state index in [2.05, 4.69) is 13.7 Å². The van der Waals surface area contributed by atoms with Crippen molar-refractivity contribution in [1.82, 2.24) is 17.9 Å². The Balaban J connectivity index is 1.71. The fourth-order valence-corrected chi connectivity index (χ4v) is 4.52. The molecule has 8 nitrogen and oxygen atoms in total. The van der Waals surface area contributed by atoms with Crippen molar-refractivity contribution >= 4 is 34.8 Å². The van der Waals surface area contributed by atoms with Crippen LogP contribution in [0.25, 0.3) is 11.0 Å². The number of halogens is 4. The minimum Gasteiger partial charge on any atom is -0.273 e. The molecule has 0 N–H and O–H groups in total. The largest absolute Gasteiger partial charge is 0.400 e. The topological polar surface area (TPSA) is 106 Å². The number of rotatable bonds is 4. The minimum atomic E-state index is -4.82. The second-order valence-corrected chi connectivity index (χ2v) is 8.30. The number of alkyl halides is 3. The summed E-state index contributed by atoms with van der Waals surface area (Å²) in [6, 6.07) is 10.7. The first kappa shape index (κ1) is 22.6. The molecule has 3 heterocycles. The summed E-state index contributed by atoms with van der Waals surface area (Å²) < 4.78 is 64.8. The number of hydrogen-bond donors (Lipinski definition) is 0. The van der Waals surface area contributed by atoms with Crippen LogP contribution in [0.1, 0.15) is 28.2 Å². The van der Waals surface area contributed by atoms with Crippen LogP contribution in [0.15, 0.2) is 51.0 Å². The molecule has 0 saturated carbocycles. The normalized spacial score (nSPS) is 14.9. The second kappa shape index (κ2) is 8.24. The third-order valence-electron chi connectivity index (χ3n) is 5.62. The van der Waals surface area contributed by atoms with E-state index in [4.69, 9.17) is 0 Å². The molecule has 0 spiro atoms. The van der Waals surface area contributed by atoms with Gasteiger partial charge in [-0.3, -0.25) is 13.9 Å². The average molecular weight is 500 g/mol. The zero-order chi connectivity index (χ0) is 24.9. The number of nitriles is 1. The highest BCUT2D eigenvalue weighted by molar-refractivity contribution is 7.00. The summed E-state index contributed by atoms with van der Waals surface area (Å²) in [5.74, 6) is -3.46. The highest BCUT2D eigenvalue weighted by Gasteiger charge is 2.46. The predicted octanol–water partition coefficient (Wildman–Crippen LogP) is 3.48. The molecule has 4 aromatic rings. The molecule has 1 aliphatic heterocycles. The van der Waals surface area contributed by atoms with E-state index < -0.39 is 47.1 Å². The van der Waals surface area contributed by atoms with Crippen molar-refractivity contribution in [2.45, 2.75) is 25.2 Å². The smallest absolute Gasteiger partial charge is 0.273 e. The van der Waals surface area contributed by atoms with Gasteiger partial charge in [-0.1, -0.05) is 18.2 Å². The van der Waals surface area contributed by atoms with E-state index in [1.54, 1.807) is 18.2 Å². The van der Waals surface area contributed by atoms with Crippen LogP contribution in [0.3, 0.4) is 0 Å². The lowest BCUT2D eigenvalue weighted by Gasteiger charge is -2.18. The van der Waals surface area contributed by atoms with E-state index in [-0.39, 0.29) is 28.7 Å². The Hall–Kier alpha value is -4.18. The van der Waals surface area contributed by atoms with Crippen LogP contribution in [-0.2, 0) is 13.1 Å². The number of benzene rings is 2. The molecule has 176 valence electrons. The molecular formula is C22H12F4N6O2S. The highest BCUT2D eigenvalue weighted by atomic mass is 32.1. The Morgan fingerprint density at radius 2 is 1.86 bits per heavy atom. The summed E-state index contributed by atoms with van der Waals surface area (Å²) in [7, 11) is 0. The van der Waals surface area contributed by atoms with Crippen LogP contribution < -0.4 is 11.2 Å². The fourth-order valence-electron chi connectivity index (χ4n) is 3.99. The summed E-state index contributed by atoms with van der Waals surface area (Å²) >= 11 is 0.773. The van der Waals surface area contributed by atoms with Gasteiger partial charge in [0.2, 0.25) is 0 Å². The molecule has 0 radical (unpaired) electrons. The Morgan fingerprint density at radius 3 is 2.60 bits per heavy atom. The van der Waals surface area contributed by atoms with Crippen molar-refractivity contribution in [1.29, 1.82) is 5.26 Å². The van der Waals surface area contributed by atoms with Crippen LogP contribution in [0.2, 0.25) is 0 Å². The summed E-state index contributed by atoms with van der Waals surface area (Å²) in [6.07, 6.45) is -4.25. The monoisotopic (exact) mass is 500 g/mol. The first-order valence-electron chi connectivity index (χ1n) is 10.1. The van der Waals surface area contributed by atoms with Crippen molar-refractivity contribution in [2.75, 3.05) is 0 Å². The Morgan fingerprint density at radius 1 is 1.09 bits per heavy atom. The molecule has 0 amide bonds. The Labute approximate surface area is 197 Å². The molecule has 2 aromatic carbocycles. The SMILES string of the molecule is N#Cc1ccccc1Cn1c2c(c(=O)n(Cc3cc(F)c4nsnc4c3)c1=O)C(C(F)(F)F)C=N2. The van der Waals surface area contributed by atoms with Gasteiger partial charge in [-0.15, -0.1) is 0 Å². The second-order valence-electron chi connectivity index (χ2n) is 7.77. The summed E-state index contributed by atoms with van der Waals surface area (Å²) in [6.45, 7) is -0.795. The van der Waals surface area contributed by atoms with Gasteiger partial charge in [-0.2, -0.15) is 27.2 Å². The van der Waals surface area contributed by atoms with Crippen molar-refractivity contribution in [2.24, 2.45) is 4.99 Å². The van der Waals surface area contributed by atoms with Crippen molar-refractivity contribution in [3.8, 4) is 6.07 Å². The molecule has 1 aliphatic rings. The molecule has 1 unspecified atom stereocenters. The number of aromatic nitrogens is 4. The summed E-state index contributed by atoms with van der Waals surface area (Å²) in [5, 5.41) is 9.38. The molecule has 1 atom stereocenters. The summed E-state index contributed by atoms with van der Waals surface area (Å²) in [4.78, 5) is 30.3. The maximum Gasteiger partial charge on any atom is 0.400 e. The first-order valence-corrected chi connectivity index (χ1v) is 10.8. The van der Waals surface area contributed by atoms with Gasteiger partial charge in [0.15, 0.2) is 5.82 Å². The van der Waals surface area contributed by atoms with Crippen LogP contribution in [0, 0.1) is 17.1 Å². The van der Waals surface area contributed by atoms with Crippen LogP contribution in [0.5, 0.6) is 0 Å². The zero-order valence-corrected chi connectivity index (χ0v) is 18.3. The van der Waals surface area contributed by atoms with Gasteiger partial charge in [0, 0.05) is 6.21 Å². The van der Waals surface area contributed by atoms with Crippen LogP contribution in [0.4, 0.5) is 23.4 Å². The van der Waals surface area contributed by atoms with E-state index in [1.807, 2.05) is 6.07 Å². The standard InChI is InChI=1S/C22H12F4N6O2S/c23-15-5-11(6-16-18(15)30-35-29-16)9-32-20(33)17-14(22(24,25)26)8-28-19(17)31(21(32)34)10-13-4-2-1-3-12(13)7-27/h1-6,8,14H,9-10H2. The lowest BCUT2D eigenvalue weighted by molar-refractivity contribution is -0.133. The van der Waals surface area contributed by atoms with Crippen molar-refractivity contribution < 1.29 is 17.6 Å². The third-order valence-corrected chi connectivity index (χ3v) is 6.17. The van der Waals surface area contributed by atoms with Gasteiger partial charge in [-0.05, 0) is 29.3 Å². The third kappa shape index (κ3) is 3.81. The van der Waals surface area contributed by atoms with Gasteiger partial charge >= 0.3 is 11.9 Å². The van der Waals surface area contributed by atoms with E-state index >= 15 is 0 Å². The number of nitrogens with zero attached hydrogens (tertiary/aromatic N) is 6. The van der Waals surface area contributed by atoms with E-state index in [9.17, 15) is 32.4 Å². The summed E-state index contributed by atoms with van der Waals surface area (Å²) in [5.41, 5.74) is -1.91. The van der Waals surface area contributed by atoms with Crippen molar-refractivity contribution in [3.05, 3.63) is 85.3 Å². The molecule has 35 heavy (non-hydrogen) atoms. The molecule has 2 aromatic heterocycles. The van der Waals surface area contributed by atoms with E-state index in [1.165, 1.54) is 12.1 Å². The lowest BCUT2D eigenvalue weighted by atomic mass is 10.0. The zero-order valence-electron chi connectivity index (χ0n) is 17.5. The maximum absolute atomic E-state index is 14.4. The van der Waals surface area contributed by atoms with Gasteiger partial charge in [-0.25, -0.2) is 14.2 Å². The Kier molecular flexibility index (Phi) is 5.32. The molecule has 13 heteroatoms. The van der Waals surface area contributed by atoms with E-state index in [0.717, 1.165) is 22.4 Å². The van der Waals surface area contributed by atoms with Gasteiger partial charge in [0.1, 0.15) is 22.8 Å². The Bertz CT molecular complexity index is 1680.